The third-order valence-corrected chi connectivity index (χ3v) is 12.1. The third kappa shape index (κ3) is 4.72. The second-order valence-electron chi connectivity index (χ2n) is 15.3. The quantitative estimate of drug-likeness (QED) is 0.157. The van der Waals surface area contributed by atoms with Gasteiger partial charge in [0, 0.05) is 77.2 Å². The van der Waals surface area contributed by atoms with Crippen LogP contribution in [0.2, 0.25) is 0 Å². The molecule has 0 saturated heterocycles. The van der Waals surface area contributed by atoms with Crippen LogP contribution in [0.25, 0.3) is 81.0 Å². The van der Waals surface area contributed by atoms with Gasteiger partial charge in [-0.2, -0.15) is 5.26 Å². The number of rotatable bonds is 6. The Morgan fingerprint density at radius 2 is 0.871 bits per heavy atom. The standard InChI is InChI=1S/C56H32N6/c1-58-36-13-9-19-40(29-36)60(38-16-6-3-7-17-38)42-25-27-44-46-21-11-23-48-50-32-53-49(33-54(50)62(56(46)48)52(44)31-42)47-22-10-20-45-43-26-24-41(30-51(43)61(53)55(45)47)59(37-14-4-2-5-15-37)39-18-8-12-35(28-39)34-57/h2-33H/i2D,3D,4D,5D,6D,7D,14D,15D,16D,17D. The fraction of sp³-hybridized carbons (Fsp3) is 0. The van der Waals surface area contributed by atoms with E-state index in [2.05, 4.69) is 56.1 Å². The van der Waals surface area contributed by atoms with Crippen LogP contribution in [0.15, 0.2) is 194 Å². The van der Waals surface area contributed by atoms with Gasteiger partial charge in [-0.15, -0.1) is 0 Å². The van der Waals surface area contributed by atoms with Crippen molar-refractivity contribution in [2.45, 2.75) is 0 Å². The smallest absolute Gasteiger partial charge is 0.189 e. The second-order valence-corrected chi connectivity index (χ2v) is 15.3. The molecule has 0 amide bonds. The molecule has 0 spiro atoms. The van der Waals surface area contributed by atoms with E-state index < -0.39 is 36.3 Å². The minimum Gasteiger partial charge on any atom is -0.312 e. The van der Waals surface area contributed by atoms with Crippen LogP contribution in [0.5, 0.6) is 0 Å². The number of nitriles is 1. The summed E-state index contributed by atoms with van der Waals surface area (Å²) in [6.45, 7) is 7.77. The first-order valence-corrected chi connectivity index (χ1v) is 19.9. The fourth-order valence-electron chi connectivity index (χ4n) is 9.64. The molecule has 0 N–H and O–H groups in total. The zero-order valence-electron chi connectivity index (χ0n) is 42.4. The van der Waals surface area contributed by atoms with Crippen LogP contribution in [0, 0.1) is 17.9 Å². The first-order chi connectivity index (χ1) is 34.8. The van der Waals surface area contributed by atoms with Crippen molar-refractivity contribution in [1.29, 1.82) is 5.26 Å². The lowest BCUT2D eigenvalue weighted by Gasteiger charge is -2.26. The summed E-state index contributed by atoms with van der Waals surface area (Å²) in [7, 11) is 0. The van der Waals surface area contributed by atoms with Gasteiger partial charge in [-0.25, -0.2) is 4.85 Å². The minimum absolute atomic E-state index is 0.0450. The van der Waals surface area contributed by atoms with Crippen molar-refractivity contribution in [3.05, 3.63) is 211 Å². The van der Waals surface area contributed by atoms with Crippen LogP contribution in [0.4, 0.5) is 39.8 Å². The van der Waals surface area contributed by atoms with Gasteiger partial charge in [-0.1, -0.05) is 103 Å². The average molecular weight is 799 g/mol. The molecule has 9 aromatic carbocycles. The van der Waals surface area contributed by atoms with Gasteiger partial charge < -0.3 is 18.6 Å². The maximum Gasteiger partial charge on any atom is 0.189 e. The third-order valence-electron chi connectivity index (χ3n) is 12.1. The van der Waals surface area contributed by atoms with Gasteiger partial charge in [0.05, 0.1) is 65.0 Å². The van der Waals surface area contributed by atoms with Crippen molar-refractivity contribution < 1.29 is 13.7 Å². The molecule has 4 heterocycles. The lowest BCUT2D eigenvalue weighted by Crippen LogP contribution is -2.10. The highest BCUT2D eigenvalue weighted by Gasteiger charge is 2.24. The van der Waals surface area contributed by atoms with Crippen molar-refractivity contribution >= 4 is 116 Å². The number of nitrogens with zero attached hydrogens (tertiary/aromatic N) is 6. The molecular weight excluding hydrogens is 757 g/mol. The van der Waals surface area contributed by atoms with Gasteiger partial charge in [0.2, 0.25) is 0 Å². The number of hydrogen-bond donors (Lipinski definition) is 0. The topological polar surface area (TPSA) is 43.5 Å². The zero-order valence-corrected chi connectivity index (χ0v) is 32.4. The Balaban J connectivity index is 1.08. The Labute approximate surface area is 369 Å². The molecule has 286 valence electrons. The minimum atomic E-state index is -0.507. The fourth-order valence-corrected chi connectivity index (χ4v) is 9.64. The monoisotopic (exact) mass is 798 g/mol. The molecule has 0 aliphatic heterocycles. The van der Waals surface area contributed by atoms with Gasteiger partial charge in [0.1, 0.15) is 0 Å². The van der Waals surface area contributed by atoms with Crippen LogP contribution < -0.4 is 9.80 Å². The molecule has 13 rings (SSSR count). The summed E-state index contributed by atoms with van der Waals surface area (Å²) < 4.78 is 91.7. The number of aromatic nitrogens is 2. The molecule has 0 radical (unpaired) electrons. The van der Waals surface area contributed by atoms with Crippen LogP contribution in [-0.2, 0) is 0 Å². The summed E-state index contributed by atoms with van der Waals surface area (Å²) in [6.07, 6.45) is 0. The molecule has 4 aromatic heterocycles. The largest absolute Gasteiger partial charge is 0.312 e. The SMILES string of the molecule is [2H]c1c([2H])c([2H])c(N(c2cccc(C#N)c2)c2ccc3c4cccc5c6cc7c(cc6n(c3c2)c45)c2cccc3c4ccc(N(c5cccc([N+]#[C-])c5)c5c([2H])c([2H])c([2H])c([2H])c5[2H])cc4n7c32)c([2H])c1[2H]. The molecule has 0 bridgehead atoms. The molecule has 0 aliphatic rings. The highest BCUT2D eigenvalue weighted by molar-refractivity contribution is 6.29. The summed E-state index contributed by atoms with van der Waals surface area (Å²) in [5.74, 6) is 0. The maximum atomic E-state index is 9.93. The summed E-state index contributed by atoms with van der Waals surface area (Å²) in [5.41, 5.74) is 7.99. The second kappa shape index (κ2) is 12.8. The van der Waals surface area contributed by atoms with Crippen molar-refractivity contribution in [2.24, 2.45) is 0 Å². The first-order valence-electron chi connectivity index (χ1n) is 24.9. The normalized spacial score (nSPS) is 14.1. The molecule has 62 heavy (non-hydrogen) atoms. The number of benzene rings is 9. The number of para-hydroxylation sites is 4. The van der Waals surface area contributed by atoms with Gasteiger partial charge in [-0.05, 0) is 90.9 Å². The van der Waals surface area contributed by atoms with Crippen LogP contribution >= 0.6 is 0 Å². The van der Waals surface area contributed by atoms with E-state index in [0.29, 0.717) is 34.0 Å². The lowest BCUT2D eigenvalue weighted by molar-refractivity contribution is 1.28. The Hall–Kier alpha value is -8.84. The Morgan fingerprint density at radius 3 is 1.37 bits per heavy atom. The predicted molar refractivity (Wildman–Crippen MR) is 256 cm³/mol. The lowest BCUT2D eigenvalue weighted by atomic mass is 10.0. The molecule has 6 nitrogen and oxygen atoms in total. The molecule has 0 saturated carbocycles. The highest BCUT2D eigenvalue weighted by Crippen LogP contribution is 2.47. The summed E-state index contributed by atoms with van der Waals surface area (Å²) in [4.78, 5) is 6.89. The van der Waals surface area contributed by atoms with E-state index in [-0.39, 0.29) is 35.5 Å². The summed E-state index contributed by atoms with van der Waals surface area (Å²) in [5, 5.41) is 17.8. The maximum absolute atomic E-state index is 9.93. The van der Waals surface area contributed by atoms with E-state index >= 15 is 0 Å². The first kappa shape index (κ1) is 25.6. The van der Waals surface area contributed by atoms with E-state index in [0.717, 1.165) is 76.2 Å². The molecular formula is C56H32N6. The van der Waals surface area contributed by atoms with Crippen molar-refractivity contribution in [2.75, 3.05) is 9.80 Å². The van der Waals surface area contributed by atoms with E-state index in [1.54, 1.807) is 58.3 Å². The number of hydrogen-bond acceptors (Lipinski definition) is 3. The number of fused-ring (bicyclic) bond motifs is 12. The van der Waals surface area contributed by atoms with Gasteiger partial charge in [0.25, 0.3) is 0 Å². The molecule has 0 aliphatic carbocycles. The predicted octanol–water partition coefficient (Wildman–Crippen LogP) is 15.3. The zero-order chi connectivity index (χ0) is 49.8. The van der Waals surface area contributed by atoms with Crippen LogP contribution in [-0.4, -0.2) is 8.80 Å². The van der Waals surface area contributed by atoms with Crippen LogP contribution in [0.3, 0.4) is 0 Å². The molecule has 0 unspecified atom stereocenters. The Bertz CT molecular complexity index is 4290. The van der Waals surface area contributed by atoms with Crippen molar-refractivity contribution in [3.63, 3.8) is 0 Å². The number of anilines is 6. The van der Waals surface area contributed by atoms with Gasteiger partial charge in [-0.3, -0.25) is 0 Å². The van der Waals surface area contributed by atoms with Gasteiger partial charge >= 0.3 is 0 Å². The van der Waals surface area contributed by atoms with Gasteiger partial charge in [0.15, 0.2) is 5.69 Å². The molecule has 13 aromatic rings. The Morgan fingerprint density at radius 1 is 0.435 bits per heavy atom. The van der Waals surface area contributed by atoms with Crippen molar-refractivity contribution in [3.8, 4) is 6.07 Å². The molecule has 0 atom stereocenters. The summed E-state index contributed by atoms with van der Waals surface area (Å²) in [6, 6.07) is 39.7. The Kier molecular flexibility index (Phi) is 5.30. The average Bonchev–Trinajstić information content (AvgIpc) is 4.13. The molecule has 6 heteroatoms. The van der Waals surface area contributed by atoms with E-state index in [9.17, 15) is 5.26 Å². The highest BCUT2D eigenvalue weighted by atomic mass is 15.2. The molecule has 0 fully saturated rings. The van der Waals surface area contributed by atoms with E-state index in [4.69, 9.17) is 20.3 Å². The summed E-state index contributed by atoms with van der Waals surface area (Å²) >= 11 is 0. The van der Waals surface area contributed by atoms with Crippen LogP contribution in [0.1, 0.15) is 19.3 Å². The van der Waals surface area contributed by atoms with Crippen molar-refractivity contribution in [1.82, 2.24) is 8.80 Å². The van der Waals surface area contributed by atoms with E-state index in [1.165, 1.54) is 0 Å². The van der Waals surface area contributed by atoms with E-state index in [1.807, 2.05) is 48.5 Å².